The second-order valence-electron chi connectivity index (χ2n) is 5.30. The topological polar surface area (TPSA) is 72.9 Å². The molecule has 0 saturated heterocycles. The molecule has 0 saturated carbocycles. The lowest BCUT2D eigenvalue weighted by atomic mass is 10.1. The summed E-state index contributed by atoms with van der Waals surface area (Å²) in [5, 5.41) is 7.46. The van der Waals surface area contributed by atoms with Crippen LogP contribution in [-0.4, -0.2) is 15.7 Å². The van der Waals surface area contributed by atoms with Crippen LogP contribution in [0.2, 0.25) is 0 Å². The summed E-state index contributed by atoms with van der Waals surface area (Å²) in [5.41, 5.74) is 8.27. The molecule has 0 unspecified atom stereocenters. The largest absolute Gasteiger partial charge is 0.368 e. The molecule has 1 heterocycles. The Labute approximate surface area is 134 Å². The summed E-state index contributed by atoms with van der Waals surface area (Å²) in [6, 6.07) is 18.9. The zero-order chi connectivity index (χ0) is 16.1. The van der Waals surface area contributed by atoms with E-state index in [4.69, 9.17) is 5.73 Å². The third kappa shape index (κ3) is 3.77. The number of nitrogens with one attached hydrogen (secondary N) is 1. The van der Waals surface area contributed by atoms with Crippen LogP contribution in [0.5, 0.6) is 0 Å². The Morgan fingerprint density at radius 3 is 2.39 bits per heavy atom. The number of hydrogen-bond acceptors (Lipinski definition) is 3. The van der Waals surface area contributed by atoms with E-state index in [0.717, 1.165) is 16.8 Å². The van der Waals surface area contributed by atoms with Gasteiger partial charge in [-0.3, -0.25) is 9.48 Å². The average Bonchev–Trinajstić information content (AvgIpc) is 3.01. The quantitative estimate of drug-likeness (QED) is 0.735. The van der Waals surface area contributed by atoms with Crippen LogP contribution < -0.4 is 11.1 Å². The summed E-state index contributed by atoms with van der Waals surface area (Å²) < 4.78 is 1.82. The van der Waals surface area contributed by atoms with Gasteiger partial charge in [0.05, 0.1) is 18.4 Å². The lowest BCUT2D eigenvalue weighted by molar-refractivity contribution is -0.118. The minimum Gasteiger partial charge on any atom is -0.368 e. The summed E-state index contributed by atoms with van der Waals surface area (Å²) in [6.07, 6.45) is 3.56. The monoisotopic (exact) mass is 306 g/mol. The Kier molecular flexibility index (Phi) is 4.38. The van der Waals surface area contributed by atoms with E-state index in [0.29, 0.717) is 6.54 Å². The molecule has 1 atom stereocenters. The lowest BCUT2D eigenvalue weighted by Gasteiger charge is -2.15. The first kappa shape index (κ1) is 14.8. The highest BCUT2D eigenvalue weighted by Gasteiger charge is 2.17. The molecule has 2 aromatic carbocycles. The lowest BCUT2D eigenvalue weighted by Crippen LogP contribution is -2.27. The van der Waals surface area contributed by atoms with E-state index in [1.165, 1.54) is 0 Å². The van der Waals surface area contributed by atoms with Crippen LogP contribution in [0.3, 0.4) is 0 Å². The summed E-state index contributed by atoms with van der Waals surface area (Å²) in [6.45, 7) is 0.676. The Bertz CT molecular complexity index is 768. The number of benzene rings is 2. The van der Waals surface area contributed by atoms with Crippen LogP contribution in [0.15, 0.2) is 73.1 Å². The van der Waals surface area contributed by atoms with Gasteiger partial charge < -0.3 is 11.1 Å². The summed E-state index contributed by atoms with van der Waals surface area (Å²) >= 11 is 0. The van der Waals surface area contributed by atoms with E-state index in [9.17, 15) is 4.79 Å². The second kappa shape index (κ2) is 6.79. The fourth-order valence-electron chi connectivity index (χ4n) is 2.43. The van der Waals surface area contributed by atoms with E-state index in [-0.39, 0.29) is 0 Å². The first-order chi connectivity index (χ1) is 11.2. The molecule has 1 aromatic heterocycles. The SMILES string of the molecule is NC(=O)[C@H](Nc1cnn(Cc2ccccc2)c1)c1ccccc1. The number of anilines is 1. The van der Waals surface area contributed by atoms with Crippen molar-refractivity contribution in [2.45, 2.75) is 12.6 Å². The molecule has 0 spiro atoms. The predicted molar refractivity (Wildman–Crippen MR) is 89.8 cm³/mol. The van der Waals surface area contributed by atoms with Crippen LogP contribution in [0.4, 0.5) is 5.69 Å². The highest BCUT2D eigenvalue weighted by molar-refractivity contribution is 5.84. The van der Waals surface area contributed by atoms with Crippen LogP contribution in [0.25, 0.3) is 0 Å². The summed E-state index contributed by atoms with van der Waals surface area (Å²) in [4.78, 5) is 11.7. The molecule has 0 radical (unpaired) electrons. The van der Waals surface area contributed by atoms with E-state index < -0.39 is 11.9 Å². The Hall–Kier alpha value is -3.08. The van der Waals surface area contributed by atoms with Crippen molar-refractivity contribution in [2.24, 2.45) is 5.73 Å². The molecule has 5 nitrogen and oxygen atoms in total. The van der Waals surface area contributed by atoms with E-state index in [1.807, 2.05) is 71.5 Å². The van der Waals surface area contributed by atoms with Gasteiger partial charge in [0.25, 0.3) is 0 Å². The number of nitrogens with two attached hydrogens (primary N) is 1. The molecule has 0 aliphatic carbocycles. The third-order valence-corrected chi connectivity index (χ3v) is 3.55. The van der Waals surface area contributed by atoms with Gasteiger partial charge in [0.2, 0.25) is 5.91 Å². The van der Waals surface area contributed by atoms with Crippen LogP contribution >= 0.6 is 0 Å². The average molecular weight is 306 g/mol. The van der Waals surface area contributed by atoms with Crippen molar-refractivity contribution in [1.29, 1.82) is 0 Å². The second-order valence-corrected chi connectivity index (χ2v) is 5.30. The molecule has 0 fully saturated rings. The number of carbonyl (C=O) groups excluding carboxylic acids is 1. The predicted octanol–water partition coefficient (Wildman–Crippen LogP) is 2.57. The molecule has 0 bridgehead atoms. The molecule has 3 rings (SSSR count). The van der Waals surface area contributed by atoms with Crippen LogP contribution in [0.1, 0.15) is 17.2 Å². The smallest absolute Gasteiger partial charge is 0.244 e. The fraction of sp³-hybridized carbons (Fsp3) is 0.111. The van der Waals surface area contributed by atoms with Crippen LogP contribution in [0, 0.1) is 0 Å². The molecular weight excluding hydrogens is 288 g/mol. The molecule has 116 valence electrons. The van der Waals surface area contributed by atoms with Gasteiger partial charge in [-0.15, -0.1) is 0 Å². The molecule has 23 heavy (non-hydrogen) atoms. The third-order valence-electron chi connectivity index (χ3n) is 3.55. The number of carbonyl (C=O) groups is 1. The van der Waals surface area contributed by atoms with Gasteiger partial charge in [0.15, 0.2) is 0 Å². The standard InChI is InChI=1S/C18H18N4O/c19-18(23)17(15-9-5-2-6-10-15)21-16-11-20-22(13-16)12-14-7-3-1-4-8-14/h1-11,13,17,21H,12H2,(H2,19,23)/t17-/m1/s1. The van der Waals surface area contributed by atoms with Gasteiger partial charge in [-0.05, 0) is 11.1 Å². The number of amides is 1. The van der Waals surface area contributed by atoms with Crippen molar-refractivity contribution >= 4 is 11.6 Å². The Morgan fingerprint density at radius 2 is 1.74 bits per heavy atom. The normalized spacial score (nSPS) is 11.8. The number of hydrogen-bond donors (Lipinski definition) is 2. The first-order valence-corrected chi connectivity index (χ1v) is 7.39. The van der Waals surface area contributed by atoms with Gasteiger partial charge in [-0.1, -0.05) is 60.7 Å². The molecular formula is C18H18N4O. The molecule has 1 amide bonds. The minimum absolute atomic E-state index is 0.424. The maximum absolute atomic E-state index is 11.7. The number of nitrogens with zero attached hydrogens (tertiary/aromatic N) is 2. The van der Waals surface area contributed by atoms with E-state index in [2.05, 4.69) is 10.4 Å². The summed E-state index contributed by atoms with van der Waals surface area (Å²) in [7, 11) is 0. The van der Waals surface area contributed by atoms with Gasteiger partial charge >= 0.3 is 0 Å². The zero-order valence-electron chi connectivity index (χ0n) is 12.6. The maximum Gasteiger partial charge on any atom is 0.244 e. The van der Waals surface area contributed by atoms with Crippen molar-refractivity contribution in [3.8, 4) is 0 Å². The Balaban J connectivity index is 1.73. The molecule has 5 heteroatoms. The zero-order valence-corrected chi connectivity index (χ0v) is 12.6. The van der Waals surface area contributed by atoms with Crippen molar-refractivity contribution in [2.75, 3.05) is 5.32 Å². The highest BCUT2D eigenvalue weighted by Crippen LogP contribution is 2.19. The highest BCUT2D eigenvalue weighted by atomic mass is 16.1. The number of primary amides is 1. The molecule has 0 aliphatic rings. The Morgan fingerprint density at radius 1 is 1.09 bits per heavy atom. The van der Waals surface area contributed by atoms with Gasteiger partial charge in [-0.25, -0.2) is 0 Å². The number of aromatic nitrogens is 2. The van der Waals surface area contributed by atoms with Crippen LogP contribution in [-0.2, 0) is 11.3 Å². The van der Waals surface area contributed by atoms with E-state index in [1.54, 1.807) is 6.20 Å². The van der Waals surface area contributed by atoms with Crippen molar-refractivity contribution in [1.82, 2.24) is 9.78 Å². The molecule has 3 N–H and O–H groups in total. The van der Waals surface area contributed by atoms with Crippen molar-refractivity contribution in [3.05, 3.63) is 84.2 Å². The van der Waals surface area contributed by atoms with Crippen molar-refractivity contribution in [3.63, 3.8) is 0 Å². The van der Waals surface area contributed by atoms with Crippen molar-refractivity contribution < 1.29 is 4.79 Å². The molecule has 3 aromatic rings. The molecule has 0 aliphatic heterocycles. The minimum atomic E-state index is -0.578. The number of rotatable bonds is 6. The maximum atomic E-state index is 11.7. The fourth-order valence-corrected chi connectivity index (χ4v) is 2.43. The van der Waals surface area contributed by atoms with E-state index >= 15 is 0 Å². The summed E-state index contributed by atoms with van der Waals surface area (Å²) in [5.74, 6) is -0.424. The van der Waals surface area contributed by atoms with Gasteiger partial charge in [-0.2, -0.15) is 5.10 Å². The first-order valence-electron chi connectivity index (χ1n) is 7.39. The van der Waals surface area contributed by atoms with Gasteiger partial charge in [0.1, 0.15) is 6.04 Å². The van der Waals surface area contributed by atoms with Gasteiger partial charge in [0, 0.05) is 6.20 Å².